The predicted octanol–water partition coefficient (Wildman–Crippen LogP) is 2.60. The Hall–Kier alpha value is -2.14. The molecule has 0 radical (unpaired) electrons. The maximum atomic E-state index is 12.8. The van der Waals surface area contributed by atoms with Gasteiger partial charge >= 0.3 is 0 Å². The predicted molar refractivity (Wildman–Crippen MR) is 92.1 cm³/mol. The summed E-state index contributed by atoms with van der Waals surface area (Å²) in [6, 6.07) is 9.93. The average molecular weight is 314 g/mol. The van der Waals surface area contributed by atoms with Crippen molar-refractivity contribution in [1.29, 1.82) is 0 Å². The van der Waals surface area contributed by atoms with E-state index in [2.05, 4.69) is 5.10 Å². The Kier molecular flexibility index (Phi) is 5.55. The van der Waals surface area contributed by atoms with Crippen LogP contribution in [-0.2, 0) is 11.3 Å². The van der Waals surface area contributed by atoms with Gasteiger partial charge < -0.3 is 10.6 Å². The summed E-state index contributed by atoms with van der Waals surface area (Å²) in [7, 11) is 1.83. The van der Waals surface area contributed by atoms with Crippen LogP contribution >= 0.6 is 0 Å². The number of hydrogen-bond acceptors (Lipinski definition) is 3. The maximum Gasteiger partial charge on any atom is 0.230 e. The SMILES string of the molecule is CCC(CC)(CN)C(=O)N(C)Cc1cnn(-c2ccccc2)c1. The largest absolute Gasteiger partial charge is 0.341 e. The van der Waals surface area contributed by atoms with Gasteiger partial charge in [0, 0.05) is 31.9 Å². The standard InChI is InChI=1S/C18H26N4O/c1-4-18(5-2,14-19)17(23)21(3)12-15-11-20-22(13-15)16-9-7-6-8-10-16/h6-11,13H,4-5,12,14,19H2,1-3H3. The van der Waals surface area contributed by atoms with Gasteiger partial charge in [-0.05, 0) is 25.0 Å². The summed E-state index contributed by atoms with van der Waals surface area (Å²) in [5.74, 6) is 0.109. The highest BCUT2D eigenvalue weighted by atomic mass is 16.2. The Labute approximate surface area is 138 Å². The Morgan fingerprint density at radius 1 is 1.26 bits per heavy atom. The fourth-order valence-electron chi connectivity index (χ4n) is 2.84. The molecule has 2 aromatic rings. The molecule has 0 aliphatic rings. The van der Waals surface area contributed by atoms with Crippen molar-refractivity contribution in [1.82, 2.24) is 14.7 Å². The molecule has 0 bridgehead atoms. The lowest BCUT2D eigenvalue weighted by Gasteiger charge is -2.33. The fraction of sp³-hybridized carbons (Fsp3) is 0.444. The molecular formula is C18H26N4O. The second kappa shape index (κ2) is 7.42. The normalized spacial score (nSPS) is 11.5. The van der Waals surface area contributed by atoms with Crippen molar-refractivity contribution in [3.8, 4) is 5.69 Å². The van der Waals surface area contributed by atoms with Crippen molar-refractivity contribution >= 4 is 5.91 Å². The summed E-state index contributed by atoms with van der Waals surface area (Å²) in [5.41, 5.74) is 7.43. The minimum Gasteiger partial charge on any atom is -0.341 e. The molecule has 1 aromatic heterocycles. The number of rotatable bonds is 7. The zero-order valence-electron chi connectivity index (χ0n) is 14.2. The lowest BCUT2D eigenvalue weighted by Crippen LogP contribution is -2.45. The van der Waals surface area contributed by atoms with E-state index in [1.807, 2.05) is 62.1 Å². The third-order valence-electron chi connectivity index (χ3n) is 4.62. The summed E-state index contributed by atoms with van der Waals surface area (Å²) >= 11 is 0. The van der Waals surface area contributed by atoms with Crippen molar-refractivity contribution < 1.29 is 4.79 Å². The number of aromatic nitrogens is 2. The number of para-hydroxylation sites is 1. The first kappa shape index (κ1) is 17.2. The minimum absolute atomic E-state index is 0.109. The topological polar surface area (TPSA) is 64.2 Å². The van der Waals surface area contributed by atoms with Gasteiger partial charge in [0.25, 0.3) is 0 Å². The summed E-state index contributed by atoms with van der Waals surface area (Å²) in [6.45, 7) is 4.96. The molecule has 1 aromatic carbocycles. The molecule has 2 N–H and O–H groups in total. The van der Waals surface area contributed by atoms with E-state index in [0.717, 1.165) is 24.1 Å². The first-order valence-corrected chi connectivity index (χ1v) is 8.11. The van der Waals surface area contributed by atoms with Crippen LogP contribution in [0.5, 0.6) is 0 Å². The number of hydrogen-bond donors (Lipinski definition) is 1. The molecular weight excluding hydrogens is 288 g/mol. The Morgan fingerprint density at radius 2 is 1.91 bits per heavy atom. The molecule has 124 valence electrons. The molecule has 0 aliphatic carbocycles. The molecule has 5 heteroatoms. The zero-order chi connectivity index (χ0) is 16.9. The Bertz CT molecular complexity index is 623. The molecule has 1 heterocycles. The lowest BCUT2D eigenvalue weighted by atomic mass is 9.81. The van der Waals surface area contributed by atoms with Gasteiger partial charge in [0.15, 0.2) is 0 Å². The number of amides is 1. The Morgan fingerprint density at radius 3 is 2.48 bits per heavy atom. The minimum atomic E-state index is -0.454. The number of benzene rings is 1. The van der Waals surface area contributed by atoms with Crippen LogP contribution in [0.4, 0.5) is 0 Å². The zero-order valence-corrected chi connectivity index (χ0v) is 14.2. The van der Waals surface area contributed by atoms with E-state index in [9.17, 15) is 4.79 Å². The van der Waals surface area contributed by atoms with E-state index in [1.54, 1.807) is 11.1 Å². The highest BCUT2D eigenvalue weighted by molar-refractivity contribution is 5.82. The van der Waals surface area contributed by atoms with Crippen molar-refractivity contribution in [2.24, 2.45) is 11.1 Å². The number of carbonyl (C=O) groups is 1. The second-order valence-corrected chi connectivity index (χ2v) is 5.98. The van der Waals surface area contributed by atoms with Gasteiger partial charge in [-0.3, -0.25) is 4.79 Å². The van der Waals surface area contributed by atoms with E-state index >= 15 is 0 Å². The molecule has 5 nitrogen and oxygen atoms in total. The van der Waals surface area contributed by atoms with Crippen molar-refractivity contribution in [3.05, 3.63) is 48.3 Å². The van der Waals surface area contributed by atoms with Crippen LogP contribution in [-0.4, -0.2) is 34.2 Å². The van der Waals surface area contributed by atoms with Gasteiger partial charge in [-0.25, -0.2) is 4.68 Å². The average Bonchev–Trinajstić information content (AvgIpc) is 3.06. The summed E-state index contributed by atoms with van der Waals surface area (Å²) in [5, 5.41) is 4.38. The molecule has 2 rings (SSSR count). The molecule has 0 atom stereocenters. The van der Waals surface area contributed by atoms with E-state index in [4.69, 9.17) is 5.73 Å². The number of nitrogens with zero attached hydrogens (tertiary/aromatic N) is 3. The second-order valence-electron chi connectivity index (χ2n) is 5.98. The summed E-state index contributed by atoms with van der Waals surface area (Å²) in [6.07, 6.45) is 5.28. The molecule has 23 heavy (non-hydrogen) atoms. The summed E-state index contributed by atoms with van der Waals surface area (Å²) in [4.78, 5) is 14.5. The Balaban J connectivity index is 2.10. The first-order chi connectivity index (χ1) is 11.1. The molecule has 0 spiro atoms. The van der Waals surface area contributed by atoms with Crippen LogP contribution in [0.15, 0.2) is 42.7 Å². The smallest absolute Gasteiger partial charge is 0.230 e. The van der Waals surface area contributed by atoms with Crippen LogP contribution < -0.4 is 5.73 Å². The van der Waals surface area contributed by atoms with Gasteiger partial charge in [0.05, 0.1) is 17.3 Å². The highest BCUT2D eigenvalue weighted by Crippen LogP contribution is 2.27. The van der Waals surface area contributed by atoms with E-state index in [-0.39, 0.29) is 5.91 Å². The third-order valence-corrected chi connectivity index (χ3v) is 4.62. The van der Waals surface area contributed by atoms with Gasteiger partial charge in [-0.15, -0.1) is 0 Å². The number of nitrogens with two attached hydrogens (primary N) is 1. The van der Waals surface area contributed by atoms with Crippen LogP contribution in [0.2, 0.25) is 0 Å². The molecule has 0 fully saturated rings. The van der Waals surface area contributed by atoms with Crippen LogP contribution in [0.3, 0.4) is 0 Å². The number of carbonyl (C=O) groups excluding carboxylic acids is 1. The first-order valence-electron chi connectivity index (χ1n) is 8.11. The van der Waals surface area contributed by atoms with Crippen molar-refractivity contribution in [3.63, 3.8) is 0 Å². The van der Waals surface area contributed by atoms with Crippen molar-refractivity contribution in [2.45, 2.75) is 33.2 Å². The molecule has 0 saturated heterocycles. The van der Waals surface area contributed by atoms with Gasteiger partial charge in [-0.2, -0.15) is 5.10 Å². The molecule has 0 aliphatic heterocycles. The quantitative estimate of drug-likeness (QED) is 0.854. The monoisotopic (exact) mass is 314 g/mol. The van der Waals surface area contributed by atoms with Gasteiger partial charge in [-0.1, -0.05) is 32.0 Å². The van der Waals surface area contributed by atoms with Crippen LogP contribution in [0.1, 0.15) is 32.3 Å². The molecule has 0 unspecified atom stereocenters. The van der Waals surface area contributed by atoms with Crippen molar-refractivity contribution in [2.75, 3.05) is 13.6 Å². The van der Waals surface area contributed by atoms with Gasteiger partial charge in [0.2, 0.25) is 5.91 Å². The van der Waals surface area contributed by atoms with Crippen LogP contribution in [0, 0.1) is 5.41 Å². The summed E-state index contributed by atoms with van der Waals surface area (Å²) < 4.78 is 1.82. The molecule has 1 amide bonds. The lowest BCUT2D eigenvalue weighted by molar-refractivity contribution is -0.141. The van der Waals surface area contributed by atoms with E-state index in [1.165, 1.54) is 0 Å². The van der Waals surface area contributed by atoms with E-state index < -0.39 is 5.41 Å². The van der Waals surface area contributed by atoms with Crippen LogP contribution in [0.25, 0.3) is 5.69 Å². The third kappa shape index (κ3) is 3.62. The fourth-order valence-corrected chi connectivity index (χ4v) is 2.84. The van der Waals surface area contributed by atoms with Gasteiger partial charge in [0.1, 0.15) is 0 Å². The van der Waals surface area contributed by atoms with E-state index in [0.29, 0.717) is 13.1 Å². The highest BCUT2D eigenvalue weighted by Gasteiger charge is 2.35. The maximum absolute atomic E-state index is 12.8. The molecule has 0 saturated carbocycles.